The number of benzene rings is 2. The number of ether oxygens (including phenoxy) is 1. The zero-order valence-electron chi connectivity index (χ0n) is 28.1. The van der Waals surface area contributed by atoms with Crippen molar-refractivity contribution >= 4 is 23.5 Å². The SMILES string of the molecule is CC(C)(C)OC(=O)NCC1CCC(C(=O)C[C@@H](Cc2ccc(-c3cccnc3C(F)(F)F)cc2)C(=O)Nc2ccc(-c3nn[nH]n3)cc2)CC1. The summed E-state index contributed by atoms with van der Waals surface area (Å²) in [6, 6.07) is 16.2. The summed E-state index contributed by atoms with van der Waals surface area (Å²) in [6.45, 7) is 5.87. The van der Waals surface area contributed by atoms with E-state index in [1.54, 1.807) is 69.3 Å². The summed E-state index contributed by atoms with van der Waals surface area (Å²) in [7, 11) is 0. The molecule has 1 saturated carbocycles. The first-order valence-electron chi connectivity index (χ1n) is 16.5. The topological polar surface area (TPSA) is 152 Å². The highest BCUT2D eigenvalue weighted by molar-refractivity contribution is 5.96. The van der Waals surface area contributed by atoms with Crippen molar-refractivity contribution in [1.29, 1.82) is 0 Å². The number of carbonyl (C=O) groups is 3. The summed E-state index contributed by atoms with van der Waals surface area (Å²) in [5, 5.41) is 19.6. The summed E-state index contributed by atoms with van der Waals surface area (Å²) in [4.78, 5) is 42.9. The Labute approximate surface area is 287 Å². The second-order valence-corrected chi connectivity index (χ2v) is 13.6. The van der Waals surface area contributed by atoms with Crippen LogP contribution >= 0.6 is 0 Å². The van der Waals surface area contributed by atoms with Crippen molar-refractivity contribution in [3.63, 3.8) is 0 Å². The largest absolute Gasteiger partial charge is 0.444 e. The highest BCUT2D eigenvalue weighted by atomic mass is 19.4. The van der Waals surface area contributed by atoms with Gasteiger partial charge in [-0.3, -0.25) is 14.6 Å². The second kappa shape index (κ2) is 15.6. The van der Waals surface area contributed by atoms with Gasteiger partial charge in [-0.25, -0.2) is 4.79 Å². The Bertz CT molecular complexity index is 1750. The number of halogens is 3. The summed E-state index contributed by atoms with van der Waals surface area (Å²) in [5.74, 6) is -0.697. The average Bonchev–Trinajstić information content (AvgIpc) is 3.62. The number of carbonyl (C=O) groups excluding carboxylic acids is 3. The predicted molar refractivity (Wildman–Crippen MR) is 179 cm³/mol. The number of hydrogen-bond donors (Lipinski definition) is 3. The van der Waals surface area contributed by atoms with Crippen molar-refractivity contribution in [3.05, 3.63) is 78.1 Å². The van der Waals surface area contributed by atoms with Gasteiger partial charge in [-0.1, -0.05) is 30.3 Å². The number of hydrogen-bond acceptors (Lipinski definition) is 8. The maximum Gasteiger partial charge on any atom is 0.433 e. The molecule has 0 spiro atoms. The lowest BCUT2D eigenvalue weighted by molar-refractivity contribution is -0.140. The smallest absolute Gasteiger partial charge is 0.433 e. The number of Topliss-reactive ketones (excluding diaryl/α,β-unsaturated/α-hetero) is 1. The third-order valence-electron chi connectivity index (χ3n) is 8.63. The molecule has 50 heavy (non-hydrogen) atoms. The van der Waals surface area contributed by atoms with Crippen molar-refractivity contribution in [2.45, 2.75) is 71.1 Å². The number of aromatic nitrogens is 5. The van der Waals surface area contributed by atoms with E-state index in [2.05, 4.69) is 36.2 Å². The number of pyridine rings is 1. The monoisotopic (exact) mass is 691 g/mol. The van der Waals surface area contributed by atoms with Gasteiger partial charge in [-0.2, -0.15) is 18.4 Å². The van der Waals surface area contributed by atoms with Crippen LogP contribution in [0.2, 0.25) is 0 Å². The lowest BCUT2D eigenvalue weighted by Crippen LogP contribution is -2.37. The van der Waals surface area contributed by atoms with Crippen LogP contribution in [0.25, 0.3) is 22.5 Å². The number of anilines is 1. The molecule has 11 nitrogen and oxygen atoms in total. The van der Waals surface area contributed by atoms with Gasteiger partial charge in [0.05, 0.1) is 0 Å². The van der Waals surface area contributed by atoms with Crippen LogP contribution in [0, 0.1) is 17.8 Å². The molecule has 0 aliphatic heterocycles. The van der Waals surface area contributed by atoms with Crippen LogP contribution in [-0.2, 0) is 26.9 Å². The van der Waals surface area contributed by atoms with Gasteiger partial charge in [0.1, 0.15) is 11.4 Å². The quantitative estimate of drug-likeness (QED) is 0.152. The van der Waals surface area contributed by atoms with Crippen LogP contribution in [0.3, 0.4) is 0 Å². The predicted octanol–water partition coefficient (Wildman–Crippen LogP) is 7.04. The molecule has 1 fully saturated rings. The van der Waals surface area contributed by atoms with Gasteiger partial charge in [0, 0.05) is 47.8 Å². The van der Waals surface area contributed by atoms with Gasteiger partial charge in [0.15, 0.2) is 5.69 Å². The van der Waals surface area contributed by atoms with E-state index in [0.29, 0.717) is 47.6 Å². The Morgan fingerprint density at radius 1 is 0.940 bits per heavy atom. The number of amides is 2. The van der Waals surface area contributed by atoms with Gasteiger partial charge < -0.3 is 15.4 Å². The number of nitrogens with zero attached hydrogens (tertiary/aromatic N) is 4. The van der Waals surface area contributed by atoms with E-state index in [9.17, 15) is 27.6 Å². The lowest BCUT2D eigenvalue weighted by Gasteiger charge is -2.29. The van der Waals surface area contributed by atoms with Gasteiger partial charge in [-0.05, 0) is 105 Å². The maximum atomic E-state index is 13.7. The van der Waals surface area contributed by atoms with E-state index in [-0.39, 0.29) is 41.9 Å². The Morgan fingerprint density at radius 3 is 2.24 bits per heavy atom. The molecule has 1 aliphatic carbocycles. The first-order valence-corrected chi connectivity index (χ1v) is 16.5. The molecule has 0 radical (unpaired) electrons. The van der Waals surface area contributed by atoms with E-state index >= 15 is 0 Å². The van der Waals surface area contributed by atoms with E-state index in [1.165, 1.54) is 12.1 Å². The number of alkyl halides is 3. The van der Waals surface area contributed by atoms with Crippen molar-refractivity contribution < 1.29 is 32.3 Å². The molecule has 14 heteroatoms. The van der Waals surface area contributed by atoms with Crippen LogP contribution < -0.4 is 10.6 Å². The Morgan fingerprint density at radius 2 is 1.62 bits per heavy atom. The van der Waals surface area contributed by atoms with Crippen LogP contribution in [0.1, 0.15) is 64.1 Å². The molecule has 0 saturated heterocycles. The third-order valence-corrected chi connectivity index (χ3v) is 8.63. The van der Waals surface area contributed by atoms with Crippen molar-refractivity contribution in [3.8, 4) is 22.5 Å². The second-order valence-electron chi connectivity index (χ2n) is 13.6. The standard InChI is InChI=1S/C36H40F3N7O4/c1-35(2,3)50-34(49)41-21-23-8-12-25(13-9-23)30(47)20-27(33(48)42-28-16-14-26(15-17-28)32-43-45-46-44-32)19-22-6-10-24(11-7-22)29-5-4-18-40-31(29)36(37,38)39/h4-7,10-11,14-18,23,25,27H,8-9,12-13,19-21H2,1-3H3,(H,41,49)(H,42,48)(H,43,44,45,46)/t23?,25?,27-/m1/s1. The number of tetrazole rings is 1. The number of aromatic amines is 1. The average molecular weight is 692 g/mol. The molecule has 2 aromatic carbocycles. The molecule has 2 heterocycles. The zero-order chi connectivity index (χ0) is 35.9. The van der Waals surface area contributed by atoms with Gasteiger partial charge in [0.2, 0.25) is 11.7 Å². The molecule has 5 rings (SSSR count). The molecule has 4 aromatic rings. The third kappa shape index (κ3) is 9.95. The first-order chi connectivity index (χ1) is 23.7. The molecule has 0 unspecified atom stereocenters. The fourth-order valence-electron chi connectivity index (χ4n) is 6.10. The first kappa shape index (κ1) is 36.1. The summed E-state index contributed by atoms with van der Waals surface area (Å²) < 4.78 is 46.1. The van der Waals surface area contributed by atoms with E-state index in [1.807, 2.05) is 0 Å². The van der Waals surface area contributed by atoms with Crippen molar-refractivity contribution in [2.24, 2.45) is 17.8 Å². The molecular formula is C36H40F3N7O4. The summed E-state index contributed by atoms with van der Waals surface area (Å²) in [6.07, 6.45) is -0.975. The van der Waals surface area contributed by atoms with Crippen molar-refractivity contribution in [2.75, 3.05) is 11.9 Å². The molecule has 2 aromatic heterocycles. The van der Waals surface area contributed by atoms with Crippen LogP contribution in [0.15, 0.2) is 66.9 Å². The molecule has 1 aliphatic rings. The molecule has 264 valence electrons. The zero-order valence-corrected chi connectivity index (χ0v) is 28.1. The highest BCUT2D eigenvalue weighted by Crippen LogP contribution is 2.36. The number of nitrogens with one attached hydrogen (secondary N) is 3. The maximum absolute atomic E-state index is 13.7. The molecule has 0 bridgehead atoms. The fourth-order valence-corrected chi connectivity index (χ4v) is 6.10. The highest BCUT2D eigenvalue weighted by Gasteiger charge is 2.35. The molecule has 1 atom stereocenters. The Balaban J connectivity index is 1.26. The molecule has 2 amide bonds. The number of ketones is 1. The number of rotatable bonds is 11. The minimum Gasteiger partial charge on any atom is -0.444 e. The van der Waals surface area contributed by atoms with Gasteiger partial charge in [0.25, 0.3) is 0 Å². The minimum absolute atomic E-state index is 0.000840. The number of alkyl carbamates (subject to hydrolysis) is 1. The summed E-state index contributed by atoms with van der Waals surface area (Å²) >= 11 is 0. The minimum atomic E-state index is -4.61. The van der Waals surface area contributed by atoms with Crippen molar-refractivity contribution in [1.82, 2.24) is 30.9 Å². The van der Waals surface area contributed by atoms with Crippen LogP contribution in [-0.4, -0.2) is 55.5 Å². The van der Waals surface area contributed by atoms with E-state index in [4.69, 9.17) is 4.74 Å². The normalized spacial score (nSPS) is 17.1. The number of H-pyrrole nitrogens is 1. The Hall–Kier alpha value is -5.14. The van der Waals surface area contributed by atoms with Gasteiger partial charge >= 0.3 is 12.3 Å². The Kier molecular flexibility index (Phi) is 11.3. The summed E-state index contributed by atoms with van der Waals surface area (Å²) in [5.41, 5.74) is 0.642. The fraction of sp³-hybridized carbons (Fsp3) is 0.417. The van der Waals surface area contributed by atoms with E-state index in [0.717, 1.165) is 19.0 Å². The van der Waals surface area contributed by atoms with Crippen LogP contribution in [0.5, 0.6) is 0 Å². The lowest BCUT2D eigenvalue weighted by atomic mass is 9.77. The van der Waals surface area contributed by atoms with Gasteiger partial charge in [-0.15, -0.1) is 10.2 Å². The molecule has 3 N–H and O–H groups in total. The van der Waals surface area contributed by atoms with E-state index < -0.39 is 29.5 Å². The van der Waals surface area contributed by atoms with Crippen LogP contribution in [0.4, 0.5) is 23.7 Å². The molecular weight excluding hydrogens is 651 g/mol.